The van der Waals surface area contributed by atoms with Crippen LogP contribution in [0.4, 0.5) is 17.1 Å². The van der Waals surface area contributed by atoms with Crippen LogP contribution in [-0.2, 0) is 16.2 Å². The fourth-order valence-corrected chi connectivity index (χ4v) is 7.84. The van der Waals surface area contributed by atoms with Crippen LogP contribution in [-0.4, -0.2) is 4.57 Å². The smallest absolute Gasteiger partial charge is 0.0541 e. The molecule has 1 aliphatic rings. The summed E-state index contributed by atoms with van der Waals surface area (Å²) in [6, 6.07) is 49.8. The highest BCUT2D eigenvalue weighted by atomic mass is 15.1. The van der Waals surface area contributed by atoms with Crippen LogP contribution in [0.15, 0.2) is 133 Å². The Balaban J connectivity index is 1.27. The number of fused-ring (bicyclic) bond motifs is 6. The molecule has 1 aromatic heterocycles. The van der Waals surface area contributed by atoms with Crippen molar-refractivity contribution in [1.82, 2.24) is 4.57 Å². The number of para-hydroxylation sites is 1. The highest BCUT2D eigenvalue weighted by Crippen LogP contribution is 2.50. The Bertz CT molecular complexity index is 2290. The summed E-state index contributed by atoms with van der Waals surface area (Å²) >= 11 is 0. The molecule has 0 atom stereocenters. The van der Waals surface area contributed by atoms with Gasteiger partial charge in [0.25, 0.3) is 0 Å². The van der Waals surface area contributed by atoms with Crippen molar-refractivity contribution in [2.24, 2.45) is 0 Å². The molecule has 0 saturated carbocycles. The Labute approximate surface area is 291 Å². The zero-order chi connectivity index (χ0) is 34.3. The third kappa shape index (κ3) is 5.08. The molecule has 1 aliphatic carbocycles. The van der Waals surface area contributed by atoms with Crippen LogP contribution in [0.25, 0.3) is 38.6 Å². The molecule has 49 heavy (non-hydrogen) atoms. The molecule has 0 N–H and O–H groups in total. The van der Waals surface area contributed by atoms with Crippen LogP contribution >= 0.6 is 0 Å². The highest BCUT2D eigenvalue weighted by molar-refractivity contribution is 6.10. The molecule has 7 aromatic rings. The quantitative estimate of drug-likeness (QED) is 0.186. The maximum Gasteiger partial charge on any atom is 0.0541 e. The van der Waals surface area contributed by atoms with Gasteiger partial charge in [-0.3, -0.25) is 0 Å². The second-order valence-corrected chi connectivity index (χ2v) is 16.4. The van der Waals surface area contributed by atoms with Gasteiger partial charge in [-0.2, -0.15) is 0 Å². The molecule has 8 rings (SSSR count). The molecule has 0 saturated heterocycles. The topological polar surface area (TPSA) is 8.17 Å². The number of anilines is 3. The predicted molar refractivity (Wildman–Crippen MR) is 210 cm³/mol. The summed E-state index contributed by atoms with van der Waals surface area (Å²) in [5.74, 6) is 0. The van der Waals surface area contributed by atoms with E-state index < -0.39 is 0 Å². The van der Waals surface area contributed by atoms with E-state index >= 15 is 0 Å². The summed E-state index contributed by atoms with van der Waals surface area (Å²) in [4.78, 5) is 2.39. The first-order chi connectivity index (χ1) is 23.3. The maximum absolute atomic E-state index is 2.44. The van der Waals surface area contributed by atoms with Gasteiger partial charge < -0.3 is 9.47 Å². The van der Waals surface area contributed by atoms with E-state index in [0.717, 1.165) is 17.1 Å². The number of hydrogen-bond acceptors (Lipinski definition) is 1. The molecule has 6 aromatic carbocycles. The summed E-state index contributed by atoms with van der Waals surface area (Å²) < 4.78 is 2.44. The Kier molecular flexibility index (Phi) is 6.99. The van der Waals surface area contributed by atoms with Gasteiger partial charge in [-0.05, 0) is 117 Å². The van der Waals surface area contributed by atoms with Crippen molar-refractivity contribution in [3.8, 4) is 16.8 Å². The van der Waals surface area contributed by atoms with E-state index in [1.54, 1.807) is 0 Å². The van der Waals surface area contributed by atoms with Gasteiger partial charge in [0.05, 0.1) is 11.0 Å². The van der Waals surface area contributed by atoms with E-state index in [4.69, 9.17) is 0 Å². The summed E-state index contributed by atoms with van der Waals surface area (Å²) in [6.07, 6.45) is 0. The van der Waals surface area contributed by atoms with Crippen molar-refractivity contribution >= 4 is 38.9 Å². The van der Waals surface area contributed by atoms with E-state index in [9.17, 15) is 0 Å². The van der Waals surface area contributed by atoms with Crippen molar-refractivity contribution in [1.29, 1.82) is 0 Å². The molecular formula is C47H46N2. The van der Waals surface area contributed by atoms with E-state index in [1.807, 2.05) is 0 Å². The fourth-order valence-electron chi connectivity index (χ4n) is 7.84. The largest absolute Gasteiger partial charge is 0.310 e. The summed E-state index contributed by atoms with van der Waals surface area (Å²) in [6.45, 7) is 18.5. The minimum atomic E-state index is -0.0651. The van der Waals surface area contributed by atoms with Crippen LogP contribution in [0.2, 0.25) is 0 Å². The minimum Gasteiger partial charge on any atom is -0.310 e. The highest BCUT2D eigenvalue weighted by Gasteiger charge is 2.35. The van der Waals surface area contributed by atoms with Gasteiger partial charge in [0, 0.05) is 38.9 Å². The van der Waals surface area contributed by atoms with Gasteiger partial charge >= 0.3 is 0 Å². The molecule has 1 heterocycles. The third-order valence-electron chi connectivity index (χ3n) is 10.7. The van der Waals surface area contributed by atoms with E-state index in [1.165, 1.54) is 60.9 Å². The normalized spacial score (nSPS) is 13.9. The van der Waals surface area contributed by atoms with Crippen LogP contribution in [0, 0.1) is 0 Å². The van der Waals surface area contributed by atoms with Crippen LogP contribution in [0.5, 0.6) is 0 Å². The Morgan fingerprint density at radius 3 is 1.57 bits per heavy atom. The molecule has 0 aliphatic heterocycles. The van der Waals surface area contributed by atoms with Gasteiger partial charge in [0.1, 0.15) is 0 Å². The average molecular weight is 639 g/mol. The van der Waals surface area contributed by atoms with E-state index in [2.05, 4.69) is 198 Å². The van der Waals surface area contributed by atoms with Gasteiger partial charge in [0.2, 0.25) is 0 Å². The standard InChI is InChI=1S/C47H46N2/c1-45(2,3)31-18-26-43-39(28-31)40-29-32(46(4,5)6)19-27-44(40)49(43)35-22-20-34(21-23-35)48(33-14-10-9-11-15-33)36-24-25-38-37-16-12-13-17-41(37)47(7,8)42(38)30-36/h9-30H,1-8H3. The van der Waals surface area contributed by atoms with Crippen molar-refractivity contribution in [2.45, 2.75) is 71.6 Å². The lowest BCUT2D eigenvalue weighted by Crippen LogP contribution is -2.16. The first-order valence-corrected chi connectivity index (χ1v) is 17.6. The molecule has 2 nitrogen and oxygen atoms in total. The Morgan fingerprint density at radius 2 is 0.980 bits per heavy atom. The fraction of sp³-hybridized carbons (Fsp3) is 0.234. The molecule has 0 spiro atoms. The van der Waals surface area contributed by atoms with Crippen molar-refractivity contribution < 1.29 is 0 Å². The van der Waals surface area contributed by atoms with Crippen molar-refractivity contribution in [2.75, 3.05) is 4.90 Å². The second kappa shape index (κ2) is 11.0. The monoisotopic (exact) mass is 638 g/mol. The zero-order valence-corrected chi connectivity index (χ0v) is 30.1. The van der Waals surface area contributed by atoms with Crippen LogP contribution in [0.3, 0.4) is 0 Å². The molecule has 244 valence electrons. The summed E-state index contributed by atoms with van der Waals surface area (Å²) in [5.41, 5.74) is 15.3. The van der Waals surface area contributed by atoms with E-state index in [0.29, 0.717) is 0 Å². The molecule has 0 bridgehead atoms. The number of benzene rings is 6. The SMILES string of the molecule is CC(C)(C)c1ccc2c(c1)c1cc(C(C)(C)C)ccc1n2-c1ccc(N(c2ccccc2)c2ccc3c(c2)C(C)(C)c2ccccc2-3)cc1. The first kappa shape index (κ1) is 31.2. The Morgan fingerprint density at radius 1 is 0.469 bits per heavy atom. The van der Waals surface area contributed by atoms with Gasteiger partial charge in [-0.25, -0.2) is 0 Å². The molecule has 0 fully saturated rings. The Hall–Kier alpha value is -5.08. The zero-order valence-electron chi connectivity index (χ0n) is 30.1. The number of rotatable bonds is 4. The van der Waals surface area contributed by atoms with E-state index in [-0.39, 0.29) is 16.2 Å². The molecule has 2 heteroatoms. The lowest BCUT2D eigenvalue weighted by atomic mass is 9.82. The lowest BCUT2D eigenvalue weighted by Gasteiger charge is -2.28. The predicted octanol–water partition coefficient (Wildman–Crippen LogP) is 13.2. The van der Waals surface area contributed by atoms with Gasteiger partial charge in [-0.15, -0.1) is 0 Å². The number of nitrogens with zero attached hydrogens (tertiary/aromatic N) is 2. The molecular weight excluding hydrogens is 593 g/mol. The summed E-state index contributed by atoms with van der Waals surface area (Å²) in [7, 11) is 0. The second-order valence-electron chi connectivity index (χ2n) is 16.4. The van der Waals surface area contributed by atoms with Gasteiger partial charge in [0.15, 0.2) is 0 Å². The van der Waals surface area contributed by atoms with Crippen LogP contribution < -0.4 is 4.90 Å². The minimum absolute atomic E-state index is 0.0651. The first-order valence-electron chi connectivity index (χ1n) is 17.6. The molecule has 0 amide bonds. The van der Waals surface area contributed by atoms with Crippen molar-refractivity contribution in [3.63, 3.8) is 0 Å². The number of hydrogen-bond donors (Lipinski definition) is 0. The van der Waals surface area contributed by atoms with Crippen molar-refractivity contribution in [3.05, 3.63) is 156 Å². The average Bonchev–Trinajstić information content (AvgIpc) is 3.53. The van der Waals surface area contributed by atoms with Crippen LogP contribution in [0.1, 0.15) is 77.6 Å². The van der Waals surface area contributed by atoms with Gasteiger partial charge in [-0.1, -0.05) is 116 Å². The number of aromatic nitrogens is 1. The third-order valence-corrected chi connectivity index (χ3v) is 10.7. The lowest BCUT2D eigenvalue weighted by molar-refractivity contribution is 0.590. The summed E-state index contributed by atoms with van der Waals surface area (Å²) in [5, 5.41) is 2.62. The molecule has 0 unspecified atom stereocenters. The molecule has 0 radical (unpaired) electrons. The maximum atomic E-state index is 2.44.